The molecule has 0 radical (unpaired) electrons. The van der Waals surface area contributed by atoms with E-state index in [0.29, 0.717) is 38.2 Å². The molecule has 123 heavy (non-hydrogen) atoms. The van der Waals surface area contributed by atoms with Crippen LogP contribution in [-0.2, 0) is 23.4 Å². The summed E-state index contributed by atoms with van der Waals surface area (Å²) >= 11 is 10.1. The molecule has 1 N–H and O–H groups in total. The highest BCUT2D eigenvalue weighted by Gasteiger charge is 2.40. The number of rotatable bonds is 38. The molecule has 0 aromatic heterocycles. The number of hydrogen-bond acceptors (Lipinski definition) is 16. The van der Waals surface area contributed by atoms with Crippen LogP contribution < -0.4 is 0 Å². The smallest absolute Gasteiger partial charge is 0.219 e. The van der Waals surface area contributed by atoms with Crippen molar-refractivity contribution < 1.29 is 47.7 Å². The lowest BCUT2D eigenvalue weighted by molar-refractivity contribution is -0.235. The molecule has 10 nitrogen and oxygen atoms in total. The third-order valence-electron chi connectivity index (χ3n) is 22.9. The summed E-state index contributed by atoms with van der Waals surface area (Å²) in [5.74, 6) is 6.18. The second-order valence-electron chi connectivity index (χ2n) is 43.7. The average Bonchev–Trinajstić information content (AvgIpc) is 0.827. The Morgan fingerprint density at radius 2 is 0.659 bits per heavy atom. The lowest BCUT2D eigenvalue weighted by Crippen LogP contribution is -2.43. The Morgan fingerprint density at radius 1 is 0.390 bits per heavy atom. The van der Waals surface area contributed by atoms with Gasteiger partial charge in [-0.2, -0.15) is 0 Å². The van der Waals surface area contributed by atoms with Gasteiger partial charge in [-0.3, -0.25) is 19.2 Å². The highest BCUT2D eigenvalue weighted by Crippen LogP contribution is 2.44. The maximum absolute atomic E-state index is 12.4. The molecule has 2 saturated heterocycles. The minimum absolute atomic E-state index is 0.0398. The summed E-state index contributed by atoms with van der Waals surface area (Å²) in [7, 11) is -1.67. The summed E-state index contributed by atoms with van der Waals surface area (Å²) in [6, 6.07) is 30.6. The molecule has 6 rings (SSSR count). The topological polar surface area (TPSA) is 135 Å². The van der Waals surface area contributed by atoms with E-state index in [1.54, 1.807) is 23.5 Å². The first-order valence-electron chi connectivity index (χ1n) is 45.3. The molecule has 4 aromatic carbocycles. The number of aldehydes is 2. The van der Waals surface area contributed by atoms with Gasteiger partial charge in [0.05, 0.1) is 33.0 Å². The molecule has 0 spiro atoms. The van der Waals surface area contributed by atoms with Crippen LogP contribution in [0.25, 0.3) is 9.81 Å². The Balaban J connectivity index is 0.000000747. The molecule has 0 saturated carbocycles. The van der Waals surface area contributed by atoms with Crippen LogP contribution in [0.15, 0.2) is 133 Å². The molecule has 0 bridgehead atoms. The fourth-order valence-electron chi connectivity index (χ4n) is 11.2. The third-order valence-corrected chi connectivity index (χ3v) is 33.9. The van der Waals surface area contributed by atoms with E-state index < -0.39 is 8.32 Å². The Morgan fingerprint density at radius 3 is 0.943 bits per heavy atom. The van der Waals surface area contributed by atoms with Gasteiger partial charge in [-0.1, -0.05) is 361 Å². The van der Waals surface area contributed by atoms with Gasteiger partial charge in [-0.25, -0.2) is 0 Å². The first-order chi connectivity index (χ1) is 56.7. The van der Waals surface area contributed by atoms with Crippen molar-refractivity contribution in [1.29, 1.82) is 0 Å². The van der Waals surface area contributed by atoms with E-state index in [9.17, 15) is 19.2 Å². The van der Waals surface area contributed by atoms with Crippen LogP contribution in [-0.4, -0.2) is 110 Å². The number of unbranched alkanes of at least 4 members (excludes halogenated alkanes) is 2. The van der Waals surface area contributed by atoms with E-state index in [2.05, 4.69) is 226 Å². The molecule has 698 valence electrons. The number of hydrogen-bond donors (Lipinski definition) is 1. The number of aliphatic hydroxyl groups excluding tert-OH is 1. The highest BCUT2D eigenvalue weighted by atomic mass is 32.2. The molecule has 0 unspecified atom stereocenters. The van der Waals surface area contributed by atoms with Gasteiger partial charge in [0, 0.05) is 83.0 Å². The zero-order valence-electron chi connectivity index (χ0n) is 83.3. The fraction of sp³-hybridized carbons (Fsp3) is 0.660. The van der Waals surface area contributed by atoms with Gasteiger partial charge in [0.25, 0.3) is 0 Å². The van der Waals surface area contributed by atoms with Crippen LogP contribution in [0.3, 0.4) is 0 Å². The summed E-state index contributed by atoms with van der Waals surface area (Å²) in [5.41, 5.74) is 9.54. The lowest BCUT2D eigenvalue weighted by atomic mass is 9.83. The summed E-state index contributed by atoms with van der Waals surface area (Å²) < 4.78 is 30.2. The largest absolute Gasteiger partial charge is 0.416 e. The lowest BCUT2D eigenvalue weighted by Gasteiger charge is -2.39. The van der Waals surface area contributed by atoms with E-state index in [4.69, 9.17) is 28.5 Å². The second kappa shape index (κ2) is 55.7. The fourth-order valence-corrected chi connectivity index (χ4v) is 19.4. The minimum atomic E-state index is -1.67. The van der Waals surface area contributed by atoms with Crippen LogP contribution in [0.2, 0.25) is 18.1 Å². The average molecular weight is 1830 g/mol. The van der Waals surface area contributed by atoms with Crippen molar-refractivity contribution in [2.24, 2.45) is 54.1 Å². The molecule has 4 aromatic rings. The van der Waals surface area contributed by atoms with E-state index >= 15 is 0 Å². The number of thioether (sulfide) groups is 6. The maximum atomic E-state index is 12.4. The molecule has 2 fully saturated rings. The first-order valence-corrected chi connectivity index (χ1v) is 54.2. The van der Waals surface area contributed by atoms with E-state index in [1.807, 2.05) is 134 Å². The molecular weight excluding hydrogens is 1650 g/mol. The van der Waals surface area contributed by atoms with E-state index in [1.165, 1.54) is 79.8 Å². The Labute approximate surface area is 780 Å². The number of carbonyl (C=O) groups excluding carboxylic acids is 4. The predicted octanol–water partition coefficient (Wildman–Crippen LogP) is 32.9. The standard InChI is InChI=1S/C23H36O3S.C21H32O3S.C18H38OSSi.C17H24OS.C15H20OS.C12H24OS/c1-6-23(7-2)16-25-21(26-17-23)19-12-10-18(11-13-19)20(24)27-15-9-8-14-22(3,4)5;1-6-21(7-2)14-23-19(24-15-21)17-10-8-16(9-11-17)18(22)25-13-12-20(3,4)5;1-15(20-13-12-16(2,3)4)18(8,9)14-19-21(10,11)17(5,6)7;1-14(16-9-7-15(13-18)8-10-16)19-12-6-5-11-17(2,3)4;1-12(17-10-9-15(2,3)4)14-7-5-13(11-16)6-8-14;1-10(12(5,6)9-13)14-8-7-11(2,3)4/h10-13,21H,6-9,14-17H2,1-5H3;8-11,19H,6-7,12-15H2,1-5H3;1,12-14H2,2-11H3;7-10,13H,1,5-6,11-12H2,2-4H3;5-8,11H,1,9-10H2,2-4H3;13H,1,7-9H2,2-6H3. The highest BCUT2D eigenvalue weighted by molar-refractivity contribution is 8.14. The Bertz CT molecular complexity index is 3690. The van der Waals surface area contributed by atoms with Gasteiger partial charge in [0.2, 0.25) is 10.2 Å². The van der Waals surface area contributed by atoms with Crippen LogP contribution in [0, 0.1) is 54.1 Å². The third kappa shape index (κ3) is 51.1. The number of carbonyl (C=O) groups is 4. The predicted molar refractivity (Wildman–Crippen MR) is 552 cm³/mol. The molecule has 2 aliphatic heterocycles. The van der Waals surface area contributed by atoms with Crippen molar-refractivity contribution in [1.82, 2.24) is 0 Å². The van der Waals surface area contributed by atoms with Crippen LogP contribution in [0.1, 0.15) is 367 Å². The van der Waals surface area contributed by atoms with Crippen LogP contribution in [0.4, 0.5) is 0 Å². The summed E-state index contributed by atoms with van der Waals surface area (Å²) in [4.78, 5) is 50.3. The van der Waals surface area contributed by atoms with E-state index in [-0.39, 0.29) is 61.5 Å². The molecule has 0 atom stereocenters. The Hall–Kier alpha value is -3.40. The van der Waals surface area contributed by atoms with E-state index in [0.717, 1.165) is 167 Å². The second-order valence-corrected chi connectivity index (χ2v) is 55.4. The van der Waals surface area contributed by atoms with Crippen molar-refractivity contribution in [3.8, 4) is 0 Å². The van der Waals surface area contributed by atoms with Gasteiger partial charge in [0.15, 0.2) is 20.9 Å². The van der Waals surface area contributed by atoms with Crippen molar-refractivity contribution in [2.45, 2.75) is 321 Å². The zero-order chi connectivity index (χ0) is 94.1. The molecule has 2 heterocycles. The molecule has 2 aliphatic rings. The van der Waals surface area contributed by atoms with Crippen LogP contribution in [0.5, 0.6) is 0 Å². The summed E-state index contributed by atoms with van der Waals surface area (Å²) in [6.45, 7) is 89.8. The molecule has 17 heteroatoms. The van der Waals surface area contributed by atoms with Gasteiger partial charge in [0.1, 0.15) is 12.6 Å². The first kappa shape index (κ1) is 118. The van der Waals surface area contributed by atoms with Gasteiger partial charge >= 0.3 is 0 Å². The van der Waals surface area contributed by atoms with Crippen molar-refractivity contribution in [3.63, 3.8) is 0 Å². The van der Waals surface area contributed by atoms with Gasteiger partial charge < -0.3 is 28.5 Å². The zero-order valence-corrected chi connectivity index (χ0v) is 89.2. The summed E-state index contributed by atoms with van der Waals surface area (Å²) in [6.07, 6.45) is 17.2. The minimum Gasteiger partial charge on any atom is -0.416 e. The number of benzene rings is 4. The Kier molecular flexibility index (Phi) is 53.3. The quantitative estimate of drug-likeness (QED) is 0.0259. The normalized spacial score (nSPS) is 14.9. The van der Waals surface area contributed by atoms with Gasteiger partial charge in [-0.15, -0.1) is 47.0 Å². The van der Waals surface area contributed by atoms with Crippen LogP contribution >= 0.6 is 70.6 Å². The number of ether oxygens (including phenoxy) is 4. The molecule has 0 amide bonds. The van der Waals surface area contributed by atoms with Gasteiger partial charge in [-0.05, 0) is 172 Å². The maximum Gasteiger partial charge on any atom is 0.219 e. The van der Waals surface area contributed by atoms with Crippen molar-refractivity contribution in [2.75, 3.05) is 74.2 Å². The summed E-state index contributed by atoms with van der Waals surface area (Å²) in [5, 5.41) is 9.71. The molecular formula is C106H174O10S6Si. The number of aliphatic hydroxyl groups is 1. The van der Waals surface area contributed by atoms with Crippen molar-refractivity contribution in [3.05, 3.63) is 178 Å². The van der Waals surface area contributed by atoms with Crippen molar-refractivity contribution >= 4 is 112 Å². The SMILES string of the molecule is C=C(SCCC(C)(C)C)C(C)(C)CO.C=C(SCCC(C)(C)C)C(C)(C)CO[Si](C)(C)C(C)(C)C.C=C(SCCC(C)(C)C)c1ccc(C=O)cc1.C=C(SCCCCC(C)(C)C)c1ccc(C=O)cc1.CCC1(CC)COC(c2ccc(C(=O)SCCC(C)(C)C)cc2)OC1.CCC1(CC)COC(c2ccc(C(=O)SCCCCC(C)(C)C)cc2)OC1. The molecule has 0 aliphatic carbocycles. The monoisotopic (exact) mass is 1830 g/mol.